The molecular weight excluding hydrogens is 324 g/mol. The molecule has 0 amide bonds. The highest BCUT2D eigenvalue weighted by Gasteiger charge is 2.15. The molecule has 0 aliphatic heterocycles. The standard InChI is InChI=1S/C15H16N8O2/c1-23(8-4-2-7(3-5-8)10(16)14(24)25)9-6-19-13-11(20-9)12(17)21-15(18)22-13/h2-6,10H,16H2,1H3,(H,24,25)(H4,17,18,19,21,22). The molecular formula is C15H16N8O2. The van der Waals surface area contributed by atoms with Gasteiger partial charge in [-0.05, 0) is 17.7 Å². The molecule has 3 rings (SSSR count). The number of anilines is 4. The highest BCUT2D eigenvalue weighted by Crippen LogP contribution is 2.25. The summed E-state index contributed by atoms with van der Waals surface area (Å²) in [5, 5.41) is 8.95. The summed E-state index contributed by atoms with van der Waals surface area (Å²) in [6.07, 6.45) is 1.53. The summed E-state index contributed by atoms with van der Waals surface area (Å²) in [4.78, 5) is 29.2. The lowest BCUT2D eigenvalue weighted by Crippen LogP contribution is -2.20. The maximum absolute atomic E-state index is 10.9. The average molecular weight is 340 g/mol. The number of rotatable bonds is 4. The van der Waals surface area contributed by atoms with Crippen molar-refractivity contribution in [3.05, 3.63) is 36.0 Å². The molecule has 0 radical (unpaired) electrons. The molecule has 0 aliphatic carbocycles. The van der Waals surface area contributed by atoms with Gasteiger partial charge in [0.2, 0.25) is 5.95 Å². The summed E-state index contributed by atoms with van der Waals surface area (Å²) in [5.41, 5.74) is 18.9. The Morgan fingerprint density at radius 3 is 2.48 bits per heavy atom. The zero-order chi connectivity index (χ0) is 18.1. The van der Waals surface area contributed by atoms with Gasteiger partial charge in [0.25, 0.3) is 0 Å². The van der Waals surface area contributed by atoms with Crippen molar-refractivity contribution in [2.75, 3.05) is 23.4 Å². The zero-order valence-corrected chi connectivity index (χ0v) is 13.3. The maximum Gasteiger partial charge on any atom is 0.325 e. The number of benzene rings is 1. The normalized spacial score (nSPS) is 12.1. The van der Waals surface area contributed by atoms with Crippen LogP contribution in [0.25, 0.3) is 11.2 Å². The van der Waals surface area contributed by atoms with Crippen LogP contribution in [0, 0.1) is 0 Å². The van der Waals surface area contributed by atoms with E-state index < -0.39 is 12.0 Å². The van der Waals surface area contributed by atoms with Crippen LogP contribution < -0.4 is 22.1 Å². The van der Waals surface area contributed by atoms with Crippen LogP contribution in [0.3, 0.4) is 0 Å². The molecule has 0 saturated heterocycles. The first-order valence-electron chi connectivity index (χ1n) is 7.24. The minimum atomic E-state index is -1.09. The number of aromatic nitrogens is 4. The van der Waals surface area contributed by atoms with Gasteiger partial charge in [0.05, 0.1) is 6.20 Å². The van der Waals surface area contributed by atoms with Crippen LogP contribution in [0.1, 0.15) is 11.6 Å². The largest absolute Gasteiger partial charge is 0.480 e. The predicted molar refractivity (Wildman–Crippen MR) is 93.0 cm³/mol. The summed E-state index contributed by atoms with van der Waals surface area (Å²) in [5.74, 6) is -0.391. The second-order valence-corrected chi connectivity index (χ2v) is 5.33. The molecule has 3 aromatic rings. The zero-order valence-electron chi connectivity index (χ0n) is 13.3. The second-order valence-electron chi connectivity index (χ2n) is 5.33. The van der Waals surface area contributed by atoms with E-state index in [9.17, 15) is 4.79 Å². The van der Waals surface area contributed by atoms with Crippen molar-refractivity contribution in [2.24, 2.45) is 5.73 Å². The van der Waals surface area contributed by atoms with Crippen molar-refractivity contribution in [1.29, 1.82) is 0 Å². The molecule has 0 fully saturated rings. The lowest BCUT2D eigenvalue weighted by molar-refractivity contribution is -0.138. The monoisotopic (exact) mass is 340 g/mol. The van der Waals surface area contributed by atoms with E-state index >= 15 is 0 Å². The Kier molecular flexibility index (Phi) is 4.03. The fourth-order valence-electron chi connectivity index (χ4n) is 2.28. The van der Waals surface area contributed by atoms with Crippen LogP contribution in [0.2, 0.25) is 0 Å². The minimum absolute atomic E-state index is 0.0331. The van der Waals surface area contributed by atoms with E-state index in [0.29, 0.717) is 22.5 Å². The number of nitrogens with two attached hydrogens (primary N) is 3. The average Bonchev–Trinajstić information content (AvgIpc) is 2.60. The summed E-state index contributed by atoms with van der Waals surface area (Å²) in [7, 11) is 1.79. The molecule has 128 valence electrons. The minimum Gasteiger partial charge on any atom is -0.480 e. The SMILES string of the molecule is CN(c1ccc(C(N)C(=O)O)cc1)c1cnc2nc(N)nc(N)c2n1. The van der Waals surface area contributed by atoms with Crippen LogP contribution in [-0.4, -0.2) is 38.1 Å². The molecule has 2 aromatic heterocycles. The Labute approximate surface area is 142 Å². The Morgan fingerprint density at radius 1 is 1.16 bits per heavy atom. The van der Waals surface area contributed by atoms with Crippen molar-refractivity contribution < 1.29 is 9.90 Å². The van der Waals surface area contributed by atoms with Gasteiger partial charge in [-0.25, -0.2) is 9.97 Å². The van der Waals surface area contributed by atoms with Gasteiger partial charge in [0.1, 0.15) is 6.04 Å². The molecule has 0 bridgehead atoms. The molecule has 10 heteroatoms. The number of aliphatic carboxylic acids is 1. The maximum atomic E-state index is 10.9. The molecule has 0 spiro atoms. The van der Waals surface area contributed by atoms with Crippen LogP contribution in [0.4, 0.5) is 23.3 Å². The summed E-state index contributed by atoms with van der Waals surface area (Å²) in [6, 6.07) is 5.72. The van der Waals surface area contributed by atoms with Crippen molar-refractivity contribution in [3.63, 3.8) is 0 Å². The van der Waals surface area contributed by atoms with E-state index in [0.717, 1.165) is 5.69 Å². The fraction of sp³-hybridized carbons (Fsp3) is 0.133. The number of carbonyl (C=O) groups is 1. The third-order valence-corrected chi connectivity index (χ3v) is 3.69. The number of fused-ring (bicyclic) bond motifs is 1. The molecule has 10 nitrogen and oxygen atoms in total. The lowest BCUT2D eigenvalue weighted by atomic mass is 10.1. The Morgan fingerprint density at radius 2 is 1.84 bits per heavy atom. The smallest absolute Gasteiger partial charge is 0.325 e. The molecule has 2 heterocycles. The van der Waals surface area contributed by atoms with Crippen LogP contribution in [0.5, 0.6) is 0 Å². The van der Waals surface area contributed by atoms with Crippen molar-refractivity contribution >= 4 is 40.4 Å². The summed E-state index contributed by atoms with van der Waals surface area (Å²) in [6.45, 7) is 0. The second kappa shape index (κ2) is 6.17. The summed E-state index contributed by atoms with van der Waals surface area (Å²) >= 11 is 0. The van der Waals surface area contributed by atoms with E-state index in [1.54, 1.807) is 36.2 Å². The number of nitrogen functional groups attached to an aromatic ring is 2. The number of hydrogen-bond donors (Lipinski definition) is 4. The number of nitrogens with zero attached hydrogens (tertiary/aromatic N) is 5. The van der Waals surface area contributed by atoms with Gasteiger partial charge >= 0.3 is 5.97 Å². The Balaban J connectivity index is 1.94. The van der Waals surface area contributed by atoms with Crippen molar-refractivity contribution in [2.45, 2.75) is 6.04 Å². The molecule has 7 N–H and O–H groups in total. The van der Waals surface area contributed by atoms with Gasteiger partial charge in [0, 0.05) is 12.7 Å². The quantitative estimate of drug-likeness (QED) is 0.522. The third kappa shape index (κ3) is 3.10. The van der Waals surface area contributed by atoms with Crippen molar-refractivity contribution in [1.82, 2.24) is 19.9 Å². The van der Waals surface area contributed by atoms with Gasteiger partial charge in [-0.3, -0.25) is 4.79 Å². The van der Waals surface area contributed by atoms with Crippen LogP contribution in [-0.2, 0) is 4.79 Å². The van der Waals surface area contributed by atoms with E-state index in [4.69, 9.17) is 22.3 Å². The van der Waals surface area contributed by atoms with Gasteiger partial charge in [-0.1, -0.05) is 12.1 Å². The molecule has 1 atom stereocenters. The highest BCUT2D eigenvalue weighted by molar-refractivity contribution is 5.83. The fourth-order valence-corrected chi connectivity index (χ4v) is 2.28. The predicted octanol–water partition coefficient (Wildman–Crippen LogP) is 0.437. The number of hydrogen-bond acceptors (Lipinski definition) is 9. The Hall–Kier alpha value is -3.53. The summed E-state index contributed by atoms with van der Waals surface area (Å²) < 4.78 is 0. The third-order valence-electron chi connectivity index (χ3n) is 3.69. The van der Waals surface area contributed by atoms with E-state index in [1.807, 2.05) is 0 Å². The first-order chi connectivity index (χ1) is 11.9. The first-order valence-corrected chi connectivity index (χ1v) is 7.24. The Bertz CT molecular complexity index is 944. The van der Waals surface area contributed by atoms with Gasteiger partial charge in [-0.15, -0.1) is 0 Å². The molecule has 0 aliphatic rings. The molecule has 25 heavy (non-hydrogen) atoms. The topological polar surface area (TPSA) is 170 Å². The number of carboxylic acids is 1. The van der Waals surface area contributed by atoms with Gasteiger partial charge in [0.15, 0.2) is 22.8 Å². The highest BCUT2D eigenvalue weighted by atomic mass is 16.4. The van der Waals surface area contributed by atoms with Crippen LogP contribution >= 0.6 is 0 Å². The van der Waals surface area contributed by atoms with E-state index in [1.165, 1.54) is 6.20 Å². The van der Waals surface area contributed by atoms with Crippen LogP contribution in [0.15, 0.2) is 30.5 Å². The lowest BCUT2D eigenvalue weighted by Gasteiger charge is -2.19. The molecule has 0 saturated carbocycles. The van der Waals surface area contributed by atoms with Gasteiger partial charge < -0.3 is 27.2 Å². The molecule has 1 unspecified atom stereocenters. The molecule has 1 aromatic carbocycles. The van der Waals surface area contributed by atoms with Gasteiger partial charge in [-0.2, -0.15) is 9.97 Å². The van der Waals surface area contributed by atoms with Crippen molar-refractivity contribution in [3.8, 4) is 0 Å². The first kappa shape index (κ1) is 16.3. The van der Waals surface area contributed by atoms with E-state index in [-0.39, 0.29) is 11.8 Å². The van der Waals surface area contributed by atoms with E-state index in [2.05, 4.69) is 19.9 Å². The number of carboxylic acid groups (broad SMARTS) is 1.